The molecule has 2 fully saturated rings. The summed E-state index contributed by atoms with van der Waals surface area (Å²) < 4.78 is 5.95. The van der Waals surface area contributed by atoms with E-state index >= 15 is 0 Å². The Balaban J connectivity index is 1.22. The molecule has 5 rings (SSSR count). The van der Waals surface area contributed by atoms with Gasteiger partial charge in [-0.1, -0.05) is 24.3 Å². The van der Waals surface area contributed by atoms with Crippen LogP contribution in [0.3, 0.4) is 0 Å². The summed E-state index contributed by atoms with van der Waals surface area (Å²) in [5, 5.41) is 5.91. The summed E-state index contributed by atoms with van der Waals surface area (Å²) in [7, 11) is 0. The summed E-state index contributed by atoms with van der Waals surface area (Å²) in [6, 6.07) is 15.2. The fraction of sp³-hybridized carbons (Fsp3) is 0.375. The van der Waals surface area contributed by atoms with Gasteiger partial charge in [-0.05, 0) is 56.5 Å². The molecule has 2 aromatic carbocycles. The van der Waals surface area contributed by atoms with Crippen LogP contribution in [-0.2, 0) is 4.79 Å². The quantitative estimate of drug-likeness (QED) is 0.639. The number of anilines is 1. The lowest BCUT2D eigenvalue weighted by molar-refractivity contribution is -0.117. The Kier molecular flexibility index (Phi) is 5.42. The van der Waals surface area contributed by atoms with Crippen molar-refractivity contribution in [3.05, 3.63) is 60.0 Å². The molecule has 160 valence electrons. The number of piperidine rings is 1. The molecule has 2 heterocycles. The van der Waals surface area contributed by atoms with Crippen LogP contribution in [0.2, 0.25) is 0 Å². The number of para-hydroxylation sites is 3. The van der Waals surface area contributed by atoms with E-state index in [9.17, 15) is 9.59 Å². The second kappa shape index (κ2) is 8.51. The van der Waals surface area contributed by atoms with Crippen molar-refractivity contribution < 1.29 is 14.0 Å². The highest BCUT2D eigenvalue weighted by Crippen LogP contribution is 2.29. The van der Waals surface area contributed by atoms with E-state index in [-0.39, 0.29) is 30.3 Å². The SMILES string of the molecule is O=C(CN1CCCC(c2nc3ccccc3o2)C1)Nc1ccccc1C(=O)NC1CC1. The van der Waals surface area contributed by atoms with Gasteiger partial charge < -0.3 is 15.1 Å². The zero-order valence-electron chi connectivity index (χ0n) is 17.3. The number of hydrogen-bond donors (Lipinski definition) is 2. The third-order valence-corrected chi connectivity index (χ3v) is 5.89. The van der Waals surface area contributed by atoms with Crippen LogP contribution < -0.4 is 10.6 Å². The lowest BCUT2D eigenvalue weighted by atomic mass is 9.98. The number of aromatic nitrogens is 1. The summed E-state index contributed by atoms with van der Waals surface area (Å²) in [5.41, 5.74) is 2.73. The highest BCUT2D eigenvalue weighted by molar-refractivity contribution is 6.04. The Labute approximate surface area is 180 Å². The maximum atomic E-state index is 12.8. The number of nitrogens with zero attached hydrogens (tertiary/aromatic N) is 2. The van der Waals surface area contributed by atoms with Crippen molar-refractivity contribution >= 4 is 28.6 Å². The number of amides is 2. The second-order valence-corrected chi connectivity index (χ2v) is 8.44. The Morgan fingerprint density at radius 3 is 2.71 bits per heavy atom. The molecule has 1 unspecified atom stereocenters. The van der Waals surface area contributed by atoms with Gasteiger partial charge in [0.1, 0.15) is 5.52 Å². The molecule has 31 heavy (non-hydrogen) atoms. The van der Waals surface area contributed by atoms with Gasteiger partial charge in [-0.2, -0.15) is 0 Å². The first-order valence-electron chi connectivity index (χ1n) is 10.9. The average Bonchev–Trinajstić information content (AvgIpc) is 3.48. The number of carbonyl (C=O) groups is 2. The molecule has 1 saturated heterocycles. The van der Waals surface area contributed by atoms with Crippen molar-refractivity contribution in [3.8, 4) is 0 Å². The molecular formula is C24H26N4O3. The van der Waals surface area contributed by atoms with Crippen LogP contribution in [0.25, 0.3) is 11.1 Å². The van der Waals surface area contributed by atoms with Crippen molar-refractivity contribution in [2.45, 2.75) is 37.6 Å². The van der Waals surface area contributed by atoms with E-state index < -0.39 is 0 Å². The summed E-state index contributed by atoms with van der Waals surface area (Å²) >= 11 is 0. The second-order valence-electron chi connectivity index (χ2n) is 8.44. The lowest BCUT2D eigenvalue weighted by Crippen LogP contribution is -2.40. The third-order valence-electron chi connectivity index (χ3n) is 5.89. The number of carbonyl (C=O) groups excluding carboxylic acids is 2. The van der Waals surface area contributed by atoms with Crippen LogP contribution in [0.1, 0.15) is 47.8 Å². The van der Waals surface area contributed by atoms with Gasteiger partial charge in [0, 0.05) is 18.5 Å². The van der Waals surface area contributed by atoms with Crippen molar-refractivity contribution in [1.29, 1.82) is 0 Å². The van der Waals surface area contributed by atoms with Crippen molar-refractivity contribution in [3.63, 3.8) is 0 Å². The number of likely N-dealkylation sites (tertiary alicyclic amines) is 1. The largest absolute Gasteiger partial charge is 0.440 e. The Hall–Kier alpha value is -3.19. The van der Waals surface area contributed by atoms with E-state index in [4.69, 9.17) is 4.42 Å². The molecule has 1 aromatic heterocycles. The third kappa shape index (κ3) is 4.61. The highest BCUT2D eigenvalue weighted by Gasteiger charge is 2.27. The van der Waals surface area contributed by atoms with Gasteiger partial charge in [-0.15, -0.1) is 0 Å². The van der Waals surface area contributed by atoms with Crippen LogP contribution in [0.15, 0.2) is 52.9 Å². The summed E-state index contributed by atoms with van der Waals surface area (Å²) in [6.07, 6.45) is 4.03. The number of fused-ring (bicyclic) bond motifs is 1. The number of nitrogens with one attached hydrogen (secondary N) is 2. The maximum absolute atomic E-state index is 12.8. The maximum Gasteiger partial charge on any atom is 0.253 e. The van der Waals surface area contributed by atoms with Gasteiger partial charge in [0.2, 0.25) is 5.91 Å². The topological polar surface area (TPSA) is 87.5 Å². The molecule has 7 nitrogen and oxygen atoms in total. The van der Waals surface area contributed by atoms with Crippen molar-refractivity contribution in [2.24, 2.45) is 0 Å². The molecule has 1 aliphatic heterocycles. The molecule has 0 radical (unpaired) electrons. The van der Waals surface area contributed by atoms with Crippen LogP contribution in [-0.4, -0.2) is 47.4 Å². The molecule has 3 aromatic rings. The molecule has 0 bridgehead atoms. The molecule has 2 amide bonds. The van der Waals surface area contributed by atoms with Crippen molar-refractivity contribution in [2.75, 3.05) is 25.0 Å². The number of benzene rings is 2. The van der Waals surface area contributed by atoms with Gasteiger partial charge in [-0.25, -0.2) is 4.98 Å². The molecule has 7 heteroatoms. The molecule has 1 saturated carbocycles. The van der Waals surface area contributed by atoms with Crippen LogP contribution >= 0.6 is 0 Å². The molecule has 2 N–H and O–H groups in total. The minimum atomic E-state index is -0.132. The summed E-state index contributed by atoms with van der Waals surface area (Å²) in [4.78, 5) is 32.0. The van der Waals surface area contributed by atoms with Crippen LogP contribution in [0.4, 0.5) is 5.69 Å². The van der Waals surface area contributed by atoms with Gasteiger partial charge in [0.25, 0.3) is 5.91 Å². The van der Waals surface area contributed by atoms with Gasteiger partial charge in [0.15, 0.2) is 11.5 Å². The van der Waals surface area contributed by atoms with Crippen LogP contribution in [0, 0.1) is 0 Å². The standard InChI is InChI=1S/C24H26N4O3/c29-22(26-19-8-2-1-7-18(19)23(30)25-17-11-12-17)15-28-13-5-6-16(14-28)24-27-20-9-3-4-10-21(20)31-24/h1-4,7-10,16-17H,5-6,11-15H2,(H,25,30)(H,26,29). The number of hydrogen-bond acceptors (Lipinski definition) is 5. The first-order valence-corrected chi connectivity index (χ1v) is 10.9. The van der Waals surface area contributed by atoms with Gasteiger partial charge >= 0.3 is 0 Å². The average molecular weight is 418 g/mol. The minimum absolute atomic E-state index is 0.120. The molecule has 2 aliphatic rings. The fourth-order valence-corrected chi connectivity index (χ4v) is 4.14. The monoisotopic (exact) mass is 418 g/mol. The van der Waals surface area contributed by atoms with E-state index in [0.29, 0.717) is 11.3 Å². The summed E-state index contributed by atoms with van der Waals surface area (Å²) in [6.45, 7) is 1.85. The van der Waals surface area contributed by atoms with E-state index in [2.05, 4.69) is 20.5 Å². The van der Waals surface area contributed by atoms with E-state index in [1.54, 1.807) is 12.1 Å². The Morgan fingerprint density at radius 1 is 1.06 bits per heavy atom. The fourth-order valence-electron chi connectivity index (χ4n) is 4.14. The zero-order valence-corrected chi connectivity index (χ0v) is 17.3. The summed E-state index contributed by atoms with van der Waals surface area (Å²) in [5.74, 6) is 0.663. The molecular weight excluding hydrogens is 392 g/mol. The predicted molar refractivity (Wildman–Crippen MR) is 118 cm³/mol. The molecule has 0 spiro atoms. The van der Waals surface area contributed by atoms with E-state index in [1.807, 2.05) is 36.4 Å². The number of oxazole rings is 1. The van der Waals surface area contributed by atoms with Gasteiger partial charge in [-0.3, -0.25) is 14.5 Å². The highest BCUT2D eigenvalue weighted by atomic mass is 16.3. The Bertz CT molecular complexity index is 1070. The predicted octanol–water partition coefficient (Wildman–Crippen LogP) is 3.54. The normalized spacial score (nSPS) is 19.3. The Morgan fingerprint density at radius 2 is 1.87 bits per heavy atom. The minimum Gasteiger partial charge on any atom is -0.440 e. The van der Waals surface area contributed by atoms with Crippen LogP contribution in [0.5, 0.6) is 0 Å². The lowest BCUT2D eigenvalue weighted by Gasteiger charge is -2.30. The first kappa shape index (κ1) is 19.8. The van der Waals surface area contributed by atoms with Crippen molar-refractivity contribution in [1.82, 2.24) is 15.2 Å². The zero-order chi connectivity index (χ0) is 21.2. The van der Waals surface area contributed by atoms with E-state index in [1.165, 1.54) is 0 Å². The molecule has 1 atom stereocenters. The first-order chi connectivity index (χ1) is 15.2. The smallest absolute Gasteiger partial charge is 0.253 e. The van der Waals surface area contributed by atoms with E-state index in [0.717, 1.165) is 55.8 Å². The number of rotatable bonds is 6. The molecule has 1 aliphatic carbocycles. The van der Waals surface area contributed by atoms with Gasteiger partial charge in [0.05, 0.1) is 17.8 Å².